The molecule has 0 aliphatic carbocycles. The van der Waals surface area contributed by atoms with Crippen LogP contribution in [0.25, 0.3) is 22.0 Å². The predicted octanol–water partition coefficient (Wildman–Crippen LogP) is 3.17. The molecule has 0 spiro atoms. The number of ether oxygens (including phenoxy) is 1. The Hall–Kier alpha value is -4.14. The maximum Gasteiger partial charge on any atom is 0.271 e. The van der Waals surface area contributed by atoms with E-state index in [2.05, 4.69) is 22.5 Å². The Balaban J connectivity index is 1.63. The normalized spacial score (nSPS) is 20.3. The minimum Gasteiger partial charge on any atom is -0.488 e. The van der Waals surface area contributed by atoms with E-state index < -0.39 is 11.4 Å². The highest BCUT2D eigenvalue weighted by atomic mass is 35.5. The topological polar surface area (TPSA) is 121 Å². The van der Waals surface area contributed by atoms with Crippen molar-refractivity contribution in [2.45, 2.75) is 25.4 Å². The van der Waals surface area contributed by atoms with Gasteiger partial charge in [-0.2, -0.15) is 5.26 Å². The second-order valence-corrected chi connectivity index (χ2v) is 11.1. The molecule has 1 aromatic carbocycles. The third-order valence-electron chi connectivity index (χ3n) is 8.27. The molecule has 41 heavy (non-hydrogen) atoms. The standard InChI is InChI=1S/C29H29ClFN7O3/c1-3-22(39)36-9-10-37(16(2)13-36)25-18-11-20(30)23(24-21(31)5-6-34-28(24)33)27-26(18)38(29(40)19(25)12-32)17(15-41-27)14-35-7-4-8-35/h3,5-6,11,16-17H,1,4,7-10,13-15H2,2H3,(H2,33,34)/t16-,17?/m0/s1. The number of nitrogen functional groups attached to an aromatic ring is 1. The lowest BCUT2D eigenvalue weighted by molar-refractivity contribution is -0.126. The summed E-state index contributed by atoms with van der Waals surface area (Å²) in [6.45, 7) is 9.19. The molecule has 0 bridgehead atoms. The number of nitrogens with two attached hydrogens (primary N) is 1. The zero-order chi connectivity index (χ0) is 29.0. The fourth-order valence-corrected chi connectivity index (χ4v) is 6.48. The number of hydrogen-bond acceptors (Lipinski definition) is 8. The monoisotopic (exact) mass is 577 g/mol. The Bertz CT molecular complexity index is 1680. The van der Waals surface area contributed by atoms with Gasteiger partial charge in [-0.05, 0) is 44.6 Å². The molecular formula is C29H29ClFN7O3. The van der Waals surface area contributed by atoms with Crippen molar-refractivity contribution in [3.8, 4) is 22.9 Å². The third kappa shape index (κ3) is 4.29. The largest absolute Gasteiger partial charge is 0.488 e. The van der Waals surface area contributed by atoms with Crippen LogP contribution in [0.3, 0.4) is 0 Å². The number of piperazine rings is 1. The molecule has 2 saturated heterocycles. The summed E-state index contributed by atoms with van der Waals surface area (Å²) in [6, 6.07) is 4.40. The fourth-order valence-electron chi connectivity index (χ4n) is 6.19. The van der Waals surface area contributed by atoms with Gasteiger partial charge in [0.1, 0.15) is 29.9 Å². The first-order valence-electron chi connectivity index (χ1n) is 13.5. The number of hydrogen-bond donors (Lipinski definition) is 1. The smallest absolute Gasteiger partial charge is 0.271 e. The summed E-state index contributed by atoms with van der Waals surface area (Å²) in [5.74, 6) is -0.643. The van der Waals surface area contributed by atoms with Gasteiger partial charge in [-0.25, -0.2) is 9.37 Å². The molecule has 5 heterocycles. The number of pyridine rings is 2. The first-order valence-corrected chi connectivity index (χ1v) is 13.9. The summed E-state index contributed by atoms with van der Waals surface area (Å²) in [6.07, 6.45) is 3.62. The number of anilines is 2. The fraction of sp³-hybridized carbons (Fsp3) is 0.379. The van der Waals surface area contributed by atoms with Crippen molar-refractivity contribution in [1.29, 1.82) is 5.26 Å². The molecule has 12 heteroatoms. The average Bonchev–Trinajstić information content (AvgIpc) is 2.93. The van der Waals surface area contributed by atoms with Crippen molar-refractivity contribution >= 4 is 39.9 Å². The van der Waals surface area contributed by atoms with Gasteiger partial charge in [0.15, 0.2) is 5.75 Å². The Kier molecular flexibility index (Phi) is 6.83. The zero-order valence-corrected chi connectivity index (χ0v) is 23.3. The van der Waals surface area contributed by atoms with Gasteiger partial charge in [0.25, 0.3) is 5.56 Å². The van der Waals surface area contributed by atoms with Gasteiger partial charge in [0, 0.05) is 43.8 Å². The van der Waals surface area contributed by atoms with Crippen molar-refractivity contribution in [2.75, 3.05) is 56.5 Å². The van der Waals surface area contributed by atoms with E-state index >= 15 is 4.39 Å². The summed E-state index contributed by atoms with van der Waals surface area (Å²) in [5, 5.41) is 11.0. The molecular weight excluding hydrogens is 549 g/mol. The lowest BCUT2D eigenvalue weighted by Gasteiger charge is -2.42. The number of carbonyl (C=O) groups excluding carboxylic acids is 1. The van der Waals surface area contributed by atoms with Gasteiger partial charge in [0.2, 0.25) is 5.91 Å². The highest BCUT2D eigenvalue weighted by Crippen LogP contribution is 2.49. The number of likely N-dealkylation sites (tertiary alicyclic amines) is 1. The number of aromatic nitrogens is 2. The first-order chi connectivity index (χ1) is 19.7. The van der Waals surface area contributed by atoms with Gasteiger partial charge in [-0.15, -0.1) is 0 Å². The van der Waals surface area contributed by atoms with E-state index in [1.807, 2.05) is 11.8 Å². The number of rotatable bonds is 5. The summed E-state index contributed by atoms with van der Waals surface area (Å²) in [7, 11) is 0. The van der Waals surface area contributed by atoms with Crippen molar-refractivity contribution in [3.63, 3.8) is 0 Å². The molecule has 1 unspecified atom stereocenters. The Labute approximate surface area is 241 Å². The summed E-state index contributed by atoms with van der Waals surface area (Å²) in [4.78, 5) is 36.4. The van der Waals surface area contributed by atoms with E-state index in [0.29, 0.717) is 42.8 Å². The van der Waals surface area contributed by atoms with E-state index in [1.165, 1.54) is 18.3 Å². The quantitative estimate of drug-likeness (QED) is 0.459. The van der Waals surface area contributed by atoms with Gasteiger partial charge < -0.3 is 25.2 Å². The minimum atomic E-state index is -0.624. The van der Waals surface area contributed by atoms with Crippen molar-refractivity contribution in [2.24, 2.45) is 0 Å². The molecule has 10 nitrogen and oxygen atoms in total. The Morgan fingerprint density at radius 3 is 2.76 bits per heavy atom. The van der Waals surface area contributed by atoms with Crippen LogP contribution in [0.1, 0.15) is 24.9 Å². The molecule has 6 rings (SSSR count). The zero-order valence-electron chi connectivity index (χ0n) is 22.6. The molecule has 3 aromatic rings. The maximum atomic E-state index is 15.2. The second-order valence-electron chi connectivity index (χ2n) is 10.7. The Morgan fingerprint density at radius 1 is 1.34 bits per heavy atom. The molecule has 2 atom stereocenters. The number of nitriles is 1. The number of nitrogens with zero attached hydrogens (tertiary/aromatic N) is 6. The molecule has 212 valence electrons. The first kappa shape index (κ1) is 27.1. The molecule has 2 N–H and O–H groups in total. The highest BCUT2D eigenvalue weighted by molar-refractivity contribution is 6.35. The molecule has 3 aliphatic rings. The van der Waals surface area contributed by atoms with Gasteiger partial charge in [-0.1, -0.05) is 18.2 Å². The number of carbonyl (C=O) groups is 1. The van der Waals surface area contributed by atoms with Crippen LogP contribution < -0.4 is 20.9 Å². The molecule has 0 saturated carbocycles. The molecule has 2 aromatic heterocycles. The molecule has 0 radical (unpaired) electrons. The summed E-state index contributed by atoms with van der Waals surface area (Å²) >= 11 is 6.87. The van der Waals surface area contributed by atoms with Crippen LogP contribution in [-0.4, -0.2) is 77.2 Å². The molecule has 2 fully saturated rings. The SMILES string of the molecule is C=CC(=O)N1CCN(c2c(C#N)c(=O)n3c4c(c(-c5c(F)ccnc5N)c(Cl)cc24)OCC3CN2CCC2)[C@@H](C)C1. The minimum absolute atomic E-state index is 0.00887. The lowest BCUT2D eigenvalue weighted by atomic mass is 9.96. The molecule has 3 aliphatic heterocycles. The maximum absolute atomic E-state index is 15.2. The number of halogens is 2. The number of benzene rings is 1. The molecule has 1 amide bonds. The van der Waals surface area contributed by atoms with Crippen LogP contribution in [-0.2, 0) is 4.79 Å². The Morgan fingerprint density at radius 2 is 2.12 bits per heavy atom. The van der Waals surface area contributed by atoms with Crippen LogP contribution in [0.5, 0.6) is 5.75 Å². The summed E-state index contributed by atoms with van der Waals surface area (Å²) < 4.78 is 23.1. The van der Waals surface area contributed by atoms with Crippen LogP contribution in [0, 0.1) is 17.1 Å². The van der Waals surface area contributed by atoms with Crippen molar-refractivity contribution in [3.05, 3.63) is 57.7 Å². The van der Waals surface area contributed by atoms with E-state index in [0.717, 1.165) is 19.5 Å². The van der Waals surface area contributed by atoms with Gasteiger partial charge in [-0.3, -0.25) is 14.2 Å². The van der Waals surface area contributed by atoms with E-state index in [-0.39, 0.29) is 57.9 Å². The predicted molar refractivity (Wildman–Crippen MR) is 155 cm³/mol. The van der Waals surface area contributed by atoms with Gasteiger partial charge in [0.05, 0.1) is 33.4 Å². The van der Waals surface area contributed by atoms with E-state index in [1.54, 1.807) is 15.5 Å². The van der Waals surface area contributed by atoms with Gasteiger partial charge >= 0.3 is 0 Å². The summed E-state index contributed by atoms with van der Waals surface area (Å²) in [5.41, 5.74) is 6.72. The van der Waals surface area contributed by atoms with Crippen LogP contribution in [0.15, 0.2) is 35.8 Å². The average molecular weight is 578 g/mol. The van der Waals surface area contributed by atoms with Crippen LogP contribution >= 0.6 is 11.6 Å². The highest BCUT2D eigenvalue weighted by Gasteiger charge is 2.37. The van der Waals surface area contributed by atoms with Crippen molar-refractivity contribution in [1.82, 2.24) is 19.4 Å². The second kappa shape index (κ2) is 10.4. The number of amides is 1. The third-order valence-corrected chi connectivity index (χ3v) is 8.57. The van der Waals surface area contributed by atoms with E-state index in [9.17, 15) is 14.9 Å². The van der Waals surface area contributed by atoms with Crippen LogP contribution in [0.4, 0.5) is 15.9 Å². The van der Waals surface area contributed by atoms with Crippen LogP contribution in [0.2, 0.25) is 5.02 Å². The van der Waals surface area contributed by atoms with E-state index in [4.69, 9.17) is 22.1 Å². The lowest BCUT2D eigenvalue weighted by Crippen LogP contribution is -2.54. The van der Waals surface area contributed by atoms with Crippen molar-refractivity contribution < 1.29 is 13.9 Å².